The molecule has 0 unspecified atom stereocenters. The van der Waals surface area contributed by atoms with Crippen LogP contribution in [0.4, 0.5) is 0 Å². The Morgan fingerprint density at radius 1 is 0.947 bits per heavy atom. The van der Waals surface area contributed by atoms with Gasteiger partial charge in [0.05, 0.1) is 0 Å². The van der Waals surface area contributed by atoms with Crippen LogP contribution >= 0.6 is 0 Å². The van der Waals surface area contributed by atoms with E-state index >= 15 is 0 Å². The van der Waals surface area contributed by atoms with Crippen molar-refractivity contribution in [2.75, 3.05) is 0 Å². The molecule has 0 saturated carbocycles. The molecule has 0 aliphatic carbocycles. The minimum atomic E-state index is -0.401. The van der Waals surface area contributed by atoms with E-state index in [1.165, 1.54) is 13.8 Å². The molecule has 0 saturated heterocycles. The van der Waals surface area contributed by atoms with E-state index in [2.05, 4.69) is 0 Å². The van der Waals surface area contributed by atoms with Crippen LogP contribution < -0.4 is 4.74 Å². The third-order valence-corrected chi connectivity index (χ3v) is 2.72. The molecule has 0 radical (unpaired) electrons. The number of carbonyl (C=O) groups excluding carboxylic acids is 2. The molecule has 3 heteroatoms. The summed E-state index contributed by atoms with van der Waals surface area (Å²) in [4.78, 5) is 22.7. The summed E-state index contributed by atoms with van der Waals surface area (Å²) in [7, 11) is 0. The number of rotatable bonds is 3. The van der Waals surface area contributed by atoms with Crippen molar-refractivity contribution in [1.29, 1.82) is 0 Å². The van der Waals surface area contributed by atoms with Crippen molar-refractivity contribution in [3.05, 3.63) is 54.1 Å². The van der Waals surface area contributed by atoms with Gasteiger partial charge in [-0.1, -0.05) is 30.3 Å². The molecule has 0 aliphatic rings. The van der Waals surface area contributed by atoms with E-state index < -0.39 is 5.97 Å². The zero-order chi connectivity index (χ0) is 13.8. The molecule has 0 fully saturated rings. The van der Waals surface area contributed by atoms with Crippen LogP contribution in [0, 0.1) is 0 Å². The number of benzene rings is 2. The van der Waals surface area contributed by atoms with Crippen molar-refractivity contribution in [2.24, 2.45) is 0 Å². The van der Waals surface area contributed by atoms with Crippen molar-refractivity contribution >= 4 is 11.8 Å². The predicted molar refractivity (Wildman–Crippen MR) is 73.2 cm³/mol. The monoisotopic (exact) mass is 254 g/mol. The number of ketones is 1. The van der Waals surface area contributed by atoms with Gasteiger partial charge in [0.25, 0.3) is 0 Å². The topological polar surface area (TPSA) is 43.4 Å². The van der Waals surface area contributed by atoms with E-state index in [1.54, 1.807) is 18.2 Å². The molecular formula is C16H14O3. The lowest BCUT2D eigenvalue weighted by Gasteiger charge is -2.09. The second-order valence-electron chi connectivity index (χ2n) is 4.22. The minimum Gasteiger partial charge on any atom is -0.427 e. The number of hydrogen-bond donors (Lipinski definition) is 0. The lowest BCUT2D eigenvalue weighted by Crippen LogP contribution is -2.03. The summed E-state index contributed by atoms with van der Waals surface area (Å²) in [5, 5.41) is 0. The van der Waals surface area contributed by atoms with Gasteiger partial charge in [-0.3, -0.25) is 9.59 Å². The third kappa shape index (κ3) is 3.07. The largest absolute Gasteiger partial charge is 0.427 e. The summed E-state index contributed by atoms with van der Waals surface area (Å²) in [6.45, 7) is 2.83. The van der Waals surface area contributed by atoms with Crippen LogP contribution in [0.5, 0.6) is 5.75 Å². The van der Waals surface area contributed by atoms with Crippen molar-refractivity contribution in [2.45, 2.75) is 13.8 Å². The first-order chi connectivity index (χ1) is 9.08. The lowest BCUT2D eigenvalue weighted by atomic mass is 9.97. The van der Waals surface area contributed by atoms with Crippen molar-refractivity contribution < 1.29 is 14.3 Å². The average molecular weight is 254 g/mol. The summed E-state index contributed by atoms with van der Waals surface area (Å²) < 4.78 is 5.00. The summed E-state index contributed by atoms with van der Waals surface area (Å²) in [5.41, 5.74) is 2.34. The maximum absolute atomic E-state index is 11.7. The Labute approximate surface area is 111 Å². The Hall–Kier alpha value is -2.42. The van der Waals surface area contributed by atoms with Gasteiger partial charge in [0.1, 0.15) is 5.75 Å². The highest BCUT2D eigenvalue weighted by molar-refractivity contribution is 6.01. The first kappa shape index (κ1) is 13.0. The van der Waals surface area contributed by atoms with Crippen molar-refractivity contribution in [3.63, 3.8) is 0 Å². The van der Waals surface area contributed by atoms with Crippen LogP contribution in [-0.4, -0.2) is 11.8 Å². The third-order valence-electron chi connectivity index (χ3n) is 2.72. The molecule has 2 rings (SSSR count). The molecule has 0 amide bonds. The van der Waals surface area contributed by atoms with Crippen LogP contribution in [0.1, 0.15) is 24.2 Å². The Morgan fingerprint density at radius 3 is 2.21 bits per heavy atom. The fourth-order valence-electron chi connectivity index (χ4n) is 1.91. The Kier molecular flexibility index (Phi) is 3.76. The van der Waals surface area contributed by atoms with E-state index in [1.807, 2.05) is 30.3 Å². The van der Waals surface area contributed by atoms with Crippen molar-refractivity contribution in [1.82, 2.24) is 0 Å². The van der Waals surface area contributed by atoms with E-state index in [4.69, 9.17) is 4.74 Å². The molecule has 19 heavy (non-hydrogen) atoms. The van der Waals surface area contributed by atoms with Gasteiger partial charge in [-0.25, -0.2) is 0 Å². The normalized spacial score (nSPS) is 10.0. The van der Waals surface area contributed by atoms with E-state index in [0.29, 0.717) is 11.3 Å². The van der Waals surface area contributed by atoms with Gasteiger partial charge in [0.15, 0.2) is 5.78 Å². The van der Waals surface area contributed by atoms with E-state index in [9.17, 15) is 9.59 Å². The molecular weight excluding hydrogens is 240 g/mol. The number of Topliss-reactive ketones (excluding diaryl/α,β-unsaturated/α-hetero) is 1. The molecule has 96 valence electrons. The lowest BCUT2D eigenvalue weighted by molar-refractivity contribution is -0.131. The summed E-state index contributed by atoms with van der Waals surface area (Å²) in [6, 6.07) is 14.7. The maximum atomic E-state index is 11.7. The first-order valence-electron chi connectivity index (χ1n) is 5.97. The van der Waals surface area contributed by atoms with Gasteiger partial charge in [0, 0.05) is 12.5 Å². The number of esters is 1. The van der Waals surface area contributed by atoms with E-state index in [0.717, 1.165) is 11.1 Å². The zero-order valence-electron chi connectivity index (χ0n) is 10.8. The highest BCUT2D eigenvalue weighted by atomic mass is 16.5. The van der Waals surface area contributed by atoms with Gasteiger partial charge in [-0.15, -0.1) is 0 Å². The summed E-state index contributed by atoms with van der Waals surface area (Å²) in [6.07, 6.45) is 0. The second kappa shape index (κ2) is 5.48. The average Bonchev–Trinajstić information content (AvgIpc) is 2.39. The molecule has 0 bridgehead atoms. The predicted octanol–water partition coefficient (Wildman–Crippen LogP) is 3.48. The number of ether oxygens (including phenoxy) is 1. The fraction of sp³-hybridized carbons (Fsp3) is 0.125. The Morgan fingerprint density at radius 2 is 1.63 bits per heavy atom. The summed E-state index contributed by atoms with van der Waals surface area (Å²) in [5.74, 6) is -0.0767. The van der Waals surface area contributed by atoms with E-state index in [-0.39, 0.29) is 5.78 Å². The smallest absolute Gasteiger partial charge is 0.308 e. The van der Waals surface area contributed by atoms with Gasteiger partial charge in [0.2, 0.25) is 0 Å². The second-order valence-corrected chi connectivity index (χ2v) is 4.22. The molecule has 0 N–H and O–H groups in total. The molecule has 2 aromatic carbocycles. The quantitative estimate of drug-likeness (QED) is 0.478. The standard InChI is InChI=1S/C16H14O3/c1-11(17)16-10-14(19-12(2)18)8-9-15(16)13-6-4-3-5-7-13/h3-10H,1-2H3. The SMILES string of the molecule is CC(=O)Oc1ccc(-c2ccccc2)c(C(C)=O)c1. The molecule has 2 aromatic rings. The van der Waals surface area contributed by atoms with Gasteiger partial charge < -0.3 is 4.74 Å². The van der Waals surface area contributed by atoms with Gasteiger partial charge in [-0.2, -0.15) is 0 Å². The number of carbonyl (C=O) groups is 2. The van der Waals surface area contributed by atoms with Crippen LogP contribution in [0.2, 0.25) is 0 Å². The van der Waals surface area contributed by atoms with Gasteiger partial charge >= 0.3 is 5.97 Å². The Bertz CT molecular complexity index is 615. The molecule has 3 nitrogen and oxygen atoms in total. The summed E-state index contributed by atoms with van der Waals surface area (Å²) >= 11 is 0. The highest BCUT2D eigenvalue weighted by Gasteiger charge is 2.11. The van der Waals surface area contributed by atoms with Crippen LogP contribution in [0.15, 0.2) is 48.5 Å². The Balaban J connectivity index is 2.50. The molecule has 0 aromatic heterocycles. The van der Waals surface area contributed by atoms with Crippen LogP contribution in [0.3, 0.4) is 0 Å². The fourth-order valence-corrected chi connectivity index (χ4v) is 1.91. The van der Waals surface area contributed by atoms with Crippen LogP contribution in [-0.2, 0) is 4.79 Å². The molecule has 0 heterocycles. The molecule has 0 atom stereocenters. The maximum Gasteiger partial charge on any atom is 0.308 e. The van der Waals surface area contributed by atoms with Crippen LogP contribution in [0.25, 0.3) is 11.1 Å². The molecule has 0 aliphatic heterocycles. The minimum absolute atomic E-state index is 0.0622. The first-order valence-corrected chi connectivity index (χ1v) is 5.97. The zero-order valence-corrected chi connectivity index (χ0v) is 10.8. The van der Waals surface area contributed by atoms with Crippen molar-refractivity contribution in [3.8, 4) is 16.9 Å². The molecule has 0 spiro atoms. The number of hydrogen-bond acceptors (Lipinski definition) is 3. The van der Waals surface area contributed by atoms with Gasteiger partial charge in [-0.05, 0) is 36.2 Å². The highest BCUT2D eigenvalue weighted by Crippen LogP contribution is 2.27.